The predicted molar refractivity (Wildman–Crippen MR) is 67.3 cm³/mol. The van der Waals surface area contributed by atoms with E-state index in [1.165, 1.54) is 45.3 Å². The Morgan fingerprint density at radius 3 is 2.20 bits per heavy atom. The maximum absolute atomic E-state index is 5.51. The second-order valence-corrected chi connectivity index (χ2v) is 4.18. The number of likely N-dealkylation sites (tertiary alicyclic amines) is 1. The summed E-state index contributed by atoms with van der Waals surface area (Å²) in [6.07, 6.45) is 5.80. The normalized spacial score (nSPS) is 17.4. The van der Waals surface area contributed by atoms with Crippen LogP contribution in [0.3, 0.4) is 0 Å². The molecular formula is C13H29NO. The molecule has 0 bridgehead atoms. The van der Waals surface area contributed by atoms with Gasteiger partial charge in [0.2, 0.25) is 0 Å². The Morgan fingerprint density at radius 2 is 1.67 bits per heavy atom. The molecule has 1 saturated heterocycles. The van der Waals surface area contributed by atoms with Crippen molar-refractivity contribution in [2.45, 2.75) is 59.5 Å². The molecule has 0 aliphatic carbocycles. The van der Waals surface area contributed by atoms with Gasteiger partial charge in [-0.25, -0.2) is 0 Å². The van der Waals surface area contributed by atoms with Crippen LogP contribution in [0.2, 0.25) is 0 Å². The van der Waals surface area contributed by atoms with Gasteiger partial charge in [0, 0.05) is 13.2 Å². The molecule has 1 rings (SSSR count). The van der Waals surface area contributed by atoms with E-state index in [4.69, 9.17) is 4.74 Å². The SMILES string of the molecule is CC.CC(C)OCCCN1CCCCC1. The van der Waals surface area contributed by atoms with Gasteiger partial charge in [0.25, 0.3) is 0 Å². The van der Waals surface area contributed by atoms with Crippen molar-refractivity contribution in [2.24, 2.45) is 0 Å². The maximum atomic E-state index is 5.51. The lowest BCUT2D eigenvalue weighted by Crippen LogP contribution is -2.31. The van der Waals surface area contributed by atoms with Gasteiger partial charge in [0.1, 0.15) is 0 Å². The molecule has 0 N–H and O–H groups in total. The fourth-order valence-electron chi connectivity index (χ4n) is 1.79. The van der Waals surface area contributed by atoms with Gasteiger partial charge in [-0.2, -0.15) is 0 Å². The second kappa shape index (κ2) is 10.4. The number of ether oxygens (including phenoxy) is 1. The lowest BCUT2D eigenvalue weighted by molar-refractivity contribution is 0.0690. The zero-order valence-electron chi connectivity index (χ0n) is 11.1. The number of hydrogen-bond donors (Lipinski definition) is 0. The highest BCUT2D eigenvalue weighted by molar-refractivity contribution is 4.63. The van der Waals surface area contributed by atoms with Crippen LogP contribution in [0.4, 0.5) is 0 Å². The van der Waals surface area contributed by atoms with E-state index in [0.29, 0.717) is 6.10 Å². The molecule has 1 aliphatic heterocycles. The molecule has 0 aromatic carbocycles. The van der Waals surface area contributed by atoms with E-state index in [9.17, 15) is 0 Å². The zero-order chi connectivity index (χ0) is 11.5. The Bertz CT molecular complexity index is 120. The van der Waals surface area contributed by atoms with Crippen molar-refractivity contribution in [1.82, 2.24) is 4.90 Å². The number of nitrogens with zero attached hydrogens (tertiary/aromatic N) is 1. The van der Waals surface area contributed by atoms with Crippen LogP contribution in [0.1, 0.15) is 53.4 Å². The minimum atomic E-state index is 0.390. The highest BCUT2D eigenvalue weighted by Crippen LogP contribution is 2.08. The maximum Gasteiger partial charge on any atom is 0.0518 e. The molecule has 1 fully saturated rings. The van der Waals surface area contributed by atoms with E-state index in [1.54, 1.807) is 0 Å². The molecule has 0 atom stereocenters. The van der Waals surface area contributed by atoms with Crippen LogP contribution in [0, 0.1) is 0 Å². The number of piperidine rings is 1. The summed E-state index contributed by atoms with van der Waals surface area (Å²) >= 11 is 0. The Kier molecular flexibility index (Phi) is 10.4. The quantitative estimate of drug-likeness (QED) is 0.652. The van der Waals surface area contributed by atoms with Crippen molar-refractivity contribution in [3.05, 3.63) is 0 Å². The van der Waals surface area contributed by atoms with Gasteiger partial charge in [-0.15, -0.1) is 0 Å². The molecule has 0 saturated carbocycles. The van der Waals surface area contributed by atoms with Crippen LogP contribution in [-0.2, 0) is 4.74 Å². The standard InChI is InChI=1S/C11H23NO.C2H6/c1-11(2)13-10-6-9-12-7-4-3-5-8-12;1-2/h11H,3-10H2,1-2H3;1-2H3. The van der Waals surface area contributed by atoms with E-state index in [-0.39, 0.29) is 0 Å². The highest BCUT2D eigenvalue weighted by atomic mass is 16.5. The Balaban J connectivity index is 0.000000921. The van der Waals surface area contributed by atoms with E-state index < -0.39 is 0 Å². The number of hydrogen-bond acceptors (Lipinski definition) is 2. The van der Waals surface area contributed by atoms with Crippen LogP contribution in [0.25, 0.3) is 0 Å². The van der Waals surface area contributed by atoms with Crippen LogP contribution >= 0.6 is 0 Å². The minimum absolute atomic E-state index is 0.390. The van der Waals surface area contributed by atoms with Crippen molar-refractivity contribution in [2.75, 3.05) is 26.2 Å². The van der Waals surface area contributed by atoms with E-state index in [0.717, 1.165) is 6.61 Å². The van der Waals surface area contributed by atoms with E-state index >= 15 is 0 Å². The fourth-order valence-corrected chi connectivity index (χ4v) is 1.79. The van der Waals surface area contributed by atoms with E-state index in [1.807, 2.05) is 13.8 Å². The predicted octanol–water partition coefficient (Wildman–Crippen LogP) is 3.31. The molecule has 0 aromatic rings. The van der Waals surface area contributed by atoms with Crippen molar-refractivity contribution in [1.29, 1.82) is 0 Å². The third kappa shape index (κ3) is 8.88. The molecule has 92 valence electrons. The van der Waals surface area contributed by atoms with Crippen molar-refractivity contribution < 1.29 is 4.74 Å². The van der Waals surface area contributed by atoms with Gasteiger partial charge in [-0.1, -0.05) is 20.3 Å². The van der Waals surface area contributed by atoms with Gasteiger partial charge in [-0.05, 0) is 46.2 Å². The third-order valence-corrected chi connectivity index (χ3v) is 2.52. The average Bonchev–Trinajstić information content (AvgIpc) is 2.28. The van der Waals surface area contributed by atoms with Crippen LogP contribution in [0.15, 0.2) is 0 Å². The average molecular weight is 215 g/mol. The fraction of sp³-hybridized carbons (Fsp3) is 1.00. The minimum Gasteiger partial charge on any atom is -0.379 e. The Morgan fingerprint density at radius 1 is 1.07 bits per heavy atom. The van der Waals surface area contributed by atoms with Crippen LogP contribution < -0.4 is 0 Å². The summed E-state index contributed by atoms with van der Waals surface area (Å²) in [4.78, 5) is 2.56. The van der Waals surface area contributed by atoms with E-state index in [2.05, 4.69) is 18.7 Å². The smallest absolute Gasteiger partial charge is 0.0518 e. The van der Waals surface area contributed by atoms with Crippen LogP contribution in [0.5, 0.6) is 0 Å². The summed E-state index contributed by atoms with van der Waals surface area (Å²) in [5, 5.41) is 0. The molecule has 1 heterocycles. The lowest BCUT2D eigenvalue weighted by atomic mass is 10.1. The first-order chi connectivity index (χ1) is 7.29. The molecule has 0 spiro atoms. The lowest BCUT2D eigenvalue weighted by Gasteiger charge is -2.26. The summed E-state index contributed by atoms with van der Waals surface area (Å²) in [6, 6.07) is 0. The first-order valence-corrected chi connectivity index (χ1v) is 6.63. The molecule has 0 unspecified atom stereocenters. The first-order valence-electron chi connectivity index (χ1n) is 6.63. The van der Waals surface area contributed by atoms with Crippen molar-refractivity contribution >= 4 is 0 Å². The zero-order valence-corrected chi connectivity index (χ0v) is 11.1. The molecule has 0 radical (unpaired) electrons. The Labute approximate surface area is 96.0 Å². The molecular weight excluding hydrogens is 186 g/mol. The monoisotopic (exact) mass is 215 g/mol. The molecule has 15 heavy (non-hydrogen) atoms. The van der Waals surface area contributed by atoms with Crippen molar-refractivity contribution in [3.8, 4) is 0 Å². The Hall–Kier alpha value is -0.0800. The largest absolute Gasteiger partial charge is 0.379 e. The van der Waals surface area contributed by atoms with Gasteiger partial charge in [0.15, 0.2) is 0 Å². The number of rotatable bonds is 5. The summed E-state index contributed by atoms with van der Waals surface area (Å²) in [6.45, 7) is 13.0. The summed E-state index contributed by atoms with van der Waals surface area (Å²) in [7, 11) is 0. The topological polar surface area (TPSA) is 12.5 Å². The summed E-state index contributed by atoms with van der Waals surface area (Å²) in [5.41, 5.74) is 0. The van der Waals surface area contributed by atoms with Gasteiger partial charge in [-0.3, -0.25) is 0 Å². The third-order valence-electron chi connectivity index (χ3n) is 2.52. The summed E-state index contributed by atoms with van der Waals surface area (Å²) < 4.78 is 5.51. The molecule has 2 heteroatoms. The van der Waals surface area contributed by atoms with Gasteiger partial charge >= 0.3 is 0 Å². The molecule has 0 amide bonds. The molecule has 2 nitrogen and oxygen atoms in total. The highest BCUT2D eigenvalue weighted by Gasteiger charge is 2.08. The second-order valence-electron chi connectivity index (χ2n) is 4.18. The summed E-state index contributed by atoms with van der Waals surface area (Å²) in [5.74, 6) is 0. The van der Waals surface area contributed by atoms with Crippen LogP contribution in [-0.4, -0.2) is 37.2 Å². The van der Waals surface area contributed by atoms with Crippen molar-refractivity contribution in [3.63, 3.8) is 0 Å². The van der Waals surface area contributed by atoms with Gasteiger partial charge < -0.3 is 9.64 Å². The molecule has 0 aromatic heterocycles. The first kappa shape index (κ1) is 14.9. The molecule has 1 aliphatic rings. The van der Waals surface area contributed by atoms with Gasteiger partial charge in [0.05, 0.1) is 6.10 Å².